The van der Waals surface area contributed by atoms with E-state index < -0.39 is 0 Å². The molecule has 0 bridgehead atoms. The van der Waals surface area contributed by atoms with Gasteiger partial charge in [0.15, 0.2) is 5.78 Å². The monoisotopic (exact) mass is 244 g/mol. The largest absolute Gasteiger partial charge is 0.491 e. The van der Waals surface area contributed by atoms with E-state index in [4.69, 9.17) is 9.15 Å². The van der Waals surface area contributed by atoms with Crippen LogP contribution < -0.4 is 4.74 Å². The summed E-state index contributed by atoms with van der Waals surface area (Å²) < 4.78 is 10.7. The van der Waals surface area contributed by atoms with Gasteiger partial charge in [-0.2, -0.15) is 0 Å². The van der Waals surface area contributed by atoms with Crippen LogP contribution in [0.1, 0.15) is 35.5 Å². The molecular weight excluding hydrogens is 228 g/mol. The van der Waals surface area contributed by atoms with Gasteiger partial charge in [-0.3, -0.25) is 4.79 Å². The summed E-state index contributed by atoms with van der Waals surface area (Å²) in [6.07, 6.45) is 1.57. The Kier molecular flexibility index (Phi) is 3.51. The normalized spacial score (nSPS) is 10.7. The summed E-state index contributed by atoms with van der Waals surface area (Å²) in [7, 11) is 0. The highest BCUT2D eigenvalue weighted by Crippen LogP contribution is 2.18. The van der Waals surface area contributed by atoms with Crippen LogP contribution in [0, 0.1) is 6.92 Å². The van der Waals surface area contributed by atoms with Crippen LogP contribution in [0.25, 0.3) is 0 Å². The quantitative estimate of drug-likeness (QED) is 0.771. The lowest BCUT2D eigenvalue weighted by Crippen LogP contribution is -2.06. The van der Waals surface area contributed by atoms with Crippen molar-refractivity contribution in [3.63, 3.8) is 0 Å². The maximum absolute atomic E-state index is 12.2. The van der Waals surface area contributed by atoms with E-state index in [1.807, 2.05) is 32.9 Å². The van der Waals surface area contributed by atoms with Gasteiger partial charge in [-0.05, 0) is 39.0 Å². The van der Waals surface area contributed by atoms with Gasteiger partial charge in [0.2, 0.25) is 0 Å². The minimum Gasteiger partial charge on any atom is -0.491 e. The molecular formula is C15H16O3. The molecule has 0 atom stereocenters. The fourth-order valence-electron chi connectivity index (χ4n) is 1.71. The van der Waals surface area contributed by atoms with Crippen LogP contribution in [0.3, 0.4) is 0 Å². The third kappa shape index (κ3) is 2.80. The number of carbonyl (C=O) groups excluding carboxylic acids is 1. The number of aryl methyl sites for hydroxylation is 1. The van der Waals surface area contributed by atoms with Crippen LogP contribution >= 0.6 is 0 Å². The molecule has 3 nitrogen and oxygen atoms in total. The molecule has 0 aliphatic heterocycles. The Morgan fingerprint density at radius 2 is 2.00 bits per heavy atom. The Bertz CT molecular complexity index is 552. The summed E-state index contributed by atoms with van der Waals surface area (Å²) in [6, 6.07) is 8.93. The zero-order valence-corrected chi connectivity index (χ0v) is 10.8. The fraction of sp³-hybridized carbons (Fsp3) is 0.267. The van der Waals surface area contributed by atoms with E-state index >= 15 is 0 Å². The number of ketones is 1. The number of benzene rings is 1. The van der Waals surface area contributed by atoms with Crippen molar-refractivity contribution in [2.75, 3.05) is 0 Å². The molecule has 3 heteroatoms. The second-order valence-electron chi connectivity index (χ2n) is 4.47. The van der Waals surface area contributed by atoms with Crippen molar-refractivity contribution >= 4 is 5.78 Å². The van der Waals surface area contributed by atoms with Crippen LogP contribution in [0.2, 0.25) is 0 Å². The van der Waals surface area contributed by atoms with Crippen molar-refractivity contribution in [3.8, 4) is 5.75 Å². The highest BCUT2D eigenvalue weighted by atomic mass is 16.5. The number of furan rings is 1. The third-order valence-electron chi connectivity index (χ3n) is 2.46. The number of hydrogen-bond acceptors (Lipinski definition) is 3. The lowest BCUT2D eigenvalue weighted by Gasteiger charge is -2.10. The zero-order valence-electron chi connectivity index (χ0n) is 10.8. The van der Waals surface area contributed by atoms with Gasteiger partial charge in [-0.25, -0.2) is 0 Å². The maximum atomic E-state index is 12.2. The molecule has 0 saturated heterocycles. The Hall–Kier alpha value is -2.03. The van der Waals surface area contributed by atoms with Crippen molar-refractivity contribution in [3.05, 3.63) is 53.5 Å². The molecule has 1 heterocycles. The first kappa shape index (κ1) is 12.4. The molecule has 0 fully saturated rings. The summed E-state index contributed by atoms with van der Waals surface area (Å²) in [6.45, 7) is 5.72. The van der Waals surface area contributed by atoms with E-state index in [9.17, 15) is 4.79 Å². The van der Waals surface area contributed by atoms with E-state index in [1.165, 1.54) is 6.26 Å². The Balaban J connectivity index is 2.25. The van der Waals surface area contributed by atoms with Crippen molar-refractivity contribution in [1.82, 2.24) is 0 Å². The van der Waals surface area contributed by atoms with Gasteiger partial charge in [-0.15, -0.1) is 0 Å². The first-order chi connectivity index (χ1) is 8.56. The van der Waals surface area contributed by atoms with E-state index in [1.54, 1.807) is 18.2 Å². The second-order valence-corrected chi connectivity index (χ2v) is 4.47. The molecule has 0 unspecified atom stereocenters. The average Bonchev–Trinajstić information content (AvgIpc) is 2.74. The molecule has 0 saturated carbocycles. The molecule has 1 aromatic carbocycles. The topological polar surface area (TPSA) is 39.4 Å². The predicted molar refractivity (Wildman–Crippen MR) is 69.1 cm³/mol. The van der Waals surface area contributed by atoms with Gasteiger partial charge < -0.3 is 9.15 Å². The molecule has 2 rings (SSSR count). The first-order valence-corrected chi connectivity index (χ1v) is 5.93. The lowest BCUT2D eigenvalue weighted by molar-refractivity contribution is 0.103. The molecule has 0 radical (unpaired) electrons. The van der Waals surface area contributed by atoms with Crippen LogP contribution in [-0.4, -0.2) is 11.9 Å². The van der Waals surface area contributed by atoms with Gasteiger partial charge >= 0.3 is 0 Å². The first-order valence-electron chi connectivity index (χ1n) is 5.93. The SMILES string of the molecule is Cc1cc(C(=O)c2cccc(OC(C)C)c2)co1. The van der Waals surface area contributed by atoms with Gasteiger partial charge in [-0.1, -0.05) is 12.1 Å². The van der Waals surface area contributed by atoms with Gasteiger partial charge in [0, 0.05) is 5.56 Å². The van der Waals surface area contributed by atoms with E-state index in [0.717, 1.165) is 5.76 Å². The van der Waals surface area contributed by atoms with Gasteiger partial charge in [0.25, 0.3) is 0 Å². The molecule has 1 aromatic heterocycles. The molecule has 94 valence electrons. The van der Waals surface area contributed by atoms with Gasteiger partial charge in [0.1, 0.15) is 17.8 Å². The van der Waals surface area contributed by atoms with E-state index in [0.29, 0.717) is 16.9 Å². The summed E-state index contributed by atoms with van der Waals surface area (Å²) in [5, 5.41) is 0. The summed E-state index contributed by atoms with van der Waals surface area (Å²) >= 11 is 0. The molecule has 0 aliphatic carbocycles. The molecule has 2 aromatic rings. The highest BCUT2D eigenvalue weighted by molar-refractivity contribution is 6.09. The summed E-state index contributed by atoms with van der Waals surface area (Å²) in [5.41, 5.74) is 1.17. The van der Waals surface area contributed by atoms with Crippen LogP contribution in [-0.2, 0) is 0 Å². The van der Waals surface area contributed by atoms with Crippen molar-refractivity contribution in [1.29, 1.82) is 0 Å². The molecule has 0 amide bonds. The van der Waals surface area contributed by atoms with Crippen LogP contribution in [0.15, 0.2) is 41.0 Å². The molecule has 0 N–H and O–H groups in total. The minimum absolute atomic E-state index is 0.0546. The van der Waals surface area contributed by atoms with E-state index in [2.05, 4.69) is 0 Å². The maximum Gasteiger partial charge on any atom is 0.196 e. The van der Waals surface area contributed by atoms with E-state index in [-0.39, 0.29) is 11.9 Å². The number of carbonyl (C=O) groups is 1. The Morgan fingerprint density at radius 3 is 2.61 bits per heavy atom. The molecule has 18 heavy (non-hydrogen) atoms. The number of hydrogen-bond donors (Lipinski definition) is 0. The Morgan fingerprint density at radius 1 is 1.22 bits per heavy atom. The smallest absolute Gasteiger partial charge is 0.196 e. The second kappa shape index (κ2) is 5.08. The third-order valence-corrected chi connectivity index (χ3v) is 2.46. The standard InChI is InChI=1S/C15H16O3/c1-10(2)18-14-6-4-5-12(8-14)15(16)13-7-11(3)17-9-13/h4-10H,1-3H3. The minimum atomic E-state index is -0.0546. The zero-order chi connectivity index (χ0) is 13.1. The van der Waals surface area contributed by atoms with Gasteiger partial charge in [0.05, 0.1) is 11.7 Å². The Labute approximate surface area is 106 Å². The van der Waals surface area contributed by atoms with Crippen molar-refractivity contribution in [2.24, 2.45) is 0 Å². The summed E-state index contributed by atoms with van der Waals surface area (Å²) in [5.74, 6) is 1.38. The fourth-order valence-corrected chi connectivity index (χ4v) is 1.71. The predicted octanol–water partition coefficient (Wildman–Crippen LogP) is 3.61. The number of ether oxygens (including phenoxy) is 1. The lowest BCUT2D eigenvalue weighted by atomic mass is 10.1. The van der Waals surface area contributed by atoms with Crippen LogP contribution in [0.5, 0.6) is 5.75 Å². The van der Waals surface area contributed by atoms with Crippen molar-refractivity contribution < 1.29 is 13.9 Å². The number of rotatable bonds is 4. The molecule has 0 spiro atoms. The average molecular weight is 244 g/mol. The van der Waals surface area contributed by atoms with Crippen molar-refractivity contribution in [2.45, 2.75) is 26.9 Å². The molecule has 0 aliphatic rings. The van der Waals surface area contributed by atoms with Crippen LogP contribution in [0.4, 0.5) is 0 Å². The summed E-state index contributed by atoms with van der Waals surface area (Å²) in [4.78, 5) is 12.2. The highest BCUT2D eigenvalue weighted by Gasteiger charge is 2.12.